The van der Waals surface area contributed by atoms with E-state index in [0.29, 0.717) is 6.04 Å². The van der Waals surface area contributed by atoms with Crippen molar-refractivity contribution in [3.63, 3.8) is 0 Å². The van der Waals surface area contributed by atoms with Crippen molar-refractivity contribution in [3.8, 4) is 0 Å². The van der Waals surface area contributed by atoms with E-state index in [1.165, 1.54) is 0 Å². The van der Waals surface area contributed by atoms with Gasteiger partial charge in [-0.1, -0.05) is 0 Å². The molecule has 1 aromatic heterocycles. The summed E-state index contributed by atoms with van der Waals surface area (Å²) in [6.45, 7) is 8.16. The first-order valence-corrected chi connectivity index (χ1v) is 7.63. The molecule has 3 rings (SSSR count). The molecule has 2 aliphatic rings. The average molecular weight is 292 g/mol. The Kier molecular flexibility index (Phi) is 5.03. The van der Waals surface area contributed by atoms with E-state index in [4.69, 9.17) is 15.2 Å². The van der Waals surface area contributed by atoms with Crippen molar-refractivity contribution < 1.29 is 9.47 Å². The molecule has 0 amide bonds. The zero-order valence-electron chi connectivity index (χ0n) is 12.4. The maximum atomic E-state index is 6.02. The van der Waals surface area contributed by atoms with Crippen molar-refractivity contribution >= 4 is 5.69 Å². The van der Waals surface area contributed by atoms with Crippen molar-refractivity contribution in [1.82, 2.24) is 14.8 Å². The number of anilines is 1. The maximum absolute atomic E-state index is 6.02. The number of aromatic nitrogens is 1. The van der Waals surface area contributed by atoms with E-state index in [1.807, 2.05) is 12.3 Å². The van der Waals surface area contributed by atoms with Gasteiger partial charge in [-0.2, -0.15) is 0 Å². The van der Waals surface area contributed by atoms with E-state index in [0.717, 1.165) is 70.4 Å². The van der Waals surface area contributed by atoms with Crippen LogP contribution >= 0.6 is 0 Å². The van der Waals surface area contributed by atoms with Gasteiger partial charge in [0.2, 0.25) is 0 Å². The van der Waals surface area contributed by atoms with Crippen LogP contribution in [0.1, 0.15) is 5.56 Å². The zero-order valence-corrected chi connectivity index (χ0v) is 12.4. The lowest BCUT2D eigenvalue weighted by molar-refractivity contribution is -0.0382. The number of nitrogens with zero attached hydrogens (tertiary/aromatic N) is 3. The zero-order chi connectivity index (χ0) is 14.5. The summed E-state index contributed by atoms with van der Waals surface area (Å²) in [4.78, 5) is 9.00. The lowest BCUT2D eigenvalue weighted by Gasteiger charge is -2.39. The third-order valence-electron chi connectivity index (χ3n) is 4.24. The minimum atomic E-state index is 0.421. The van der Waals surface area contributed by atoms with Gasteiger partial charge in [-0.25, -0.2) is 0 Å². The first-order valence-electron chi connectivity index (χ1n) is 7.63. The second-order valence-corrected chi connectivity index (χ2v) is 5.69. The molecule has 0 bridgehead atoms. The van der Waals surface area contributed by atoms with Crippen LogP contribution in [0.4, 0.5) is 5.69 Å². The number of nitrogens with two attached hydrogens (primary N) is 1. The molecule has 0 aliphatic carbocycles. The lowest BCUT2D eigenvalue weighted by Crippen LogP contribution is -2.52. The topological polar surface area (TPSA) is 63.8 Å². The molecular weight excluding hydrogens is 268 g/mol. The molecule has 0 spiro atoms. The molecule has 2 saturated heterocycles. The fourth-order valence-electron chi connectivity index (χ4n) is 2.95. The molecule has 1 atom stereocenters. The minimum Gasteiger partial charge on any atom is -0.397 e. The summed E-state index contributed by atoms with van der Waals surface area (Å²) in [5, 5.41) is 0. The molecule has 6 heteroatoms. The van der Waals surface area contributed by atoms with E-state index >= 15 is 0 Å². The van der Waals surface area contributed by atoms with Crippen LogP contribution in [0.3, 0.4) is 0 Å². The Labute approximate surface area is 125 Å². The van der Waals surface area contributed by atoms with Crippen LogP contribution in [0.25, 0.3) is 0 Å². The van der Waals surface area contributed by atoms with Crippen molar-refractivity contribution in [3.05, 3.63) is 24.0 Å². The van der Waals surface area contributed by atoms with Gasteiger partial charge in [-0.15, -0.1) is 0 Å². The molecule has 116 valence electrons. The van der Waals surface area contributed by atoms with Crippen molar-refractivity contribution in [2.45, 2.75) is 12.6 Å². The molecule has 6 nitrogen and oxygen atoms in total. The van der Waals surface area contributed by atoms with Gasteiger partial charge >= 0.3 is 0 Å². The second kappa shape index (κ2) is 7.17. The highest BCUT2D eigenvalue weighted by Gasteiger charge is 2.26. The van der Waals surface area contributed by atoms with Gasteiger partial charge < -0.3 is 15.2 Å². The van der Waals surface area contributed by atoms with Crippen molar-refractivity contribution in [1.29, 1.82) is 0 Å². The van der Waals surface area contributed by atoms with Crippen LogP contribution in [0.15, 0.2) is 18.5 Å². The molecule has 2 N–H and O–H groups in total. The van der Waals surface area contributed by atoms with E-state index in [-0.39, 0.29) is 0 Å². The summed E-state index contributed by atoms with van der Waals surface area (Å²) in [5.41, 5.74) is 7.94. The van der Waals surface area contributed by atoms with E-state index in [1.54, 1.807) is 6.20 Å². The number of rotatable bonds is 4. The first kappa shape index (κ1) is 14.7. The van der Waals surface area contributed by atoms with Gasteiger partial charge in [0.15, 0.2) is 0 Å². The van der Waals surface area contributed by atoms with Crippen LogP contribution in [0.2, 0.25) is 0 Å². The summed E-state index contributed by atoms with van der Waals surface area (Å²) in [5.74, 6) is 0. The van der Waals surface area contributed by atoms with Crippen LogP contribution in [-0.4, -0.2) is 73.4 Å². The molecule has 2 aliphatic heterocycles. The van der Waals surface area contributed by atoms with Crippen LogP contribution in [0.5, 0.6) is 0 Å². The van der Waals surface area contributed by atoms with Gasteiger partial charge in [-0.3, -0.25) is 14.8 Å². The van der Waals surface area contributed by atoms with Crippen LogP contribution < -0.4 is 5.73 Å². The largest absolute Gasteiger partial charge is 0.397 e. The number of pyridine rings is 1. The molecule has 0 saturated carbocycles. The number of hydrogen-bond donors (Lipinski definition) is 1. The number of morpholine rings is 2. The van der Waals surface area contributed by atoms with Gasteiger partial charge in [0.05, 0.1) is 38.3 Å². The van der Waals surface area contributed by atoms with Gasteiger partial charge in [0.25, 0.3) is 0 Å². The Morgan fingerprint density at radius 3 is 2.81 bits per heavy atom. The summed E-state index contributed by atoms with van der Waals surface area (Å²) in [6, 6.07) is 2.43. The number of ether oxygens (including phenoxy) is 2. The Morgan fingerprint density at radius 2 is 2.00 bits per heavy atom. The molecular formula is C15H24N4O2. The minimum absolute atomic E-state index is 0.421. The molecule has 21 heavy (non-hydrogen) atoms. The third kappa shape index (κ3) is 3.91. The summed E-state index contributed by atoms with van der Waals surface area (Å²) < 4.78 is 11.1. The highest BCUT2D eigenvalue weighted by atomic mass is 16.5. The SMILES string of the molecule is Nc1cnccc1CN1CCOCC1CN1CCOCC1. The number of nitrogen functional groups attached to an aromatic ring is 1. The van der Waals surface area contributed by atoms with E-state index in [9.17, 15) is 0 Å². The molecule has 1 unspecified atom stereocenters. The molecule has 2 fully saturated rings. The Hall–Kier alpha value is -1.21. The fraction of sp³-hybridized carbons (Fsp3) is 0.667. The summed E-state index contributed by atoms with van der Waals surface area (Å²) in [7, 11) is 0. The van der Waals surface area contributed by atoms with Crippen LogP contribution in [0, 0.1) is 0 Å². The highest BCUT2D eigenvalue weighted by molar-refractivity contribution is 5.43. The Morgan fingerprint density at radius 1 is 1.19 bits per heavy atom. The first-order chi connectivity index (χ1) is 10.3. The lowest BCUT2D eigenvalue weighted by atomic mass is 10.1. The maximum Gasteiger partial charge on any atom is 0.0635 e. The smallest absolute Gasteiger partial charge is 0.0635 e. The second-order valence-electron chi connectivity index (χ2n) is 5.69. The normalized spacial score (nSPS) is 25.0. The highest BCUT2D eigenvalue weighted by Crippen LogP contribution is 2.17. The molecule has 3 heterocycles. The van der Waals surface area contributed by atoms with Crippen molar-refractivity contribution in [2.24, 2.45) is 0 Å². The van der Waals surface area contributed by atoms with Gasteiger partial charge in [-0.05, 0) is 11.6 Å². The average Bonchev–Trinajstić information content (AvgIpc) is 2.52. The quantitative estimate of drug-likeness (QED) is 0.855. The standard InChI is InChI=1S/C15H24N4O2/c16-15-9-17-2-1-13(15)10-19-5-8-21-12-14(19)11-18-3-6-20-7-4-18/h1-2,9,14H,3-8,10-12,16H2. The van der Waals surface area contributed by atoms with E-state index in [2.05, 4.69) is 14.8 Å². The Bertz CT molecular complexity index is 451. The molecule has 1 aromatic rings. The summed E-state index contributed by atoms with van der Waals surface area (Å²) >= 11 is 0. The monoisotopic (exact) mass is 292 g/mol. The van der Waals surface area contributed by atoms with Gasteiger partial charge in [0, 0.05) is 45.0 Å². The fourth-order valence-corrected chi connectivity index (χ4v) is 2.95. The van der Waals surface area contributed by atoms with Crippen LogP contribution in [-0.2, 0) is 16.0 Å². The molecule has 0 aromatic carbocycles. The summed E-state index contributed by atoms with van der Waals surface area (Å²) in [6.07, 6.45) is 3.54. The molecule has 0 radical (unpaired) electrons. The number of hydrogen-bond acceptors (Lipinski definition) is 6. The Balaban J connectivity index is 1.62. The van der Waals surface area contributed by atoms with E-state index < -0.39 is 0 Å². The van der Waals surface area contributed by atoms with Gasteiger partial charge in [0.1, 0.15) is 0 Å². The predicted molar refractivity (Wildman–Crippen MR) is 80.9 cm³/mol. The predicted octanol–water partition coefficient (Wildman–Crippen LogP) is 0.197. The van der Waals surface area contributed by atoms with Crippen molar-refractivity contribution in [2.75, 3.05) is 58.3 Å². The third-order valence-corrected chi connectivity index (χ3v) is 4.24.